The maximum Gasteiger partial charge on any atom is 0.242 e. The van der Waals surface area contributed by atoms with E-state index in [9.17, 15) is 8.42 Å². The highest BCUT2D eigenvalue weighted by molar-refractivity contribution is 7.89. The number of benzene rings is 1. The topological polar surface area (TPSA) is 103 Å². The molecule has 0 aliphatic rings. The molecule has 0 amide bonds. The van der Waals surface area contributed by atoms with Crippen molar-refractivity contribution in [2.45, 2.75) is 5.75 Å². The zero-order chi connectivity index (χ0) is 17.4. The van der Waals surface area contributed by atoms with Gasteiger partial charge in [-0.1, -0.05) is 23.4 Å². The molecule has 1 aromatic carbocycles. The molecule has 4 aromatic rings. The Bertz CT molecular complexity index is 1130. The number of aromatic nitrogens is 5. The first kappa shape index (κ1) is 15.5. The van der Waals surface area contributed by atoms with Gasteiger partial charge in [-0.25, -0.2) is 17.9 Å². The number of hydrogen-bond donors (Lipinski definition) is 0. The Kier molecular flexibility index (Phi) is 3.57. The Hall–Kier alpha value is -3.07. The van der Waals surface area contributed by atoms with Gasteiger partial charge in [0.15, 0.2) is 15.5 Å². The molecule has 0 spiro atoms. The fraction of sp³-hybridized carbons (Fsp3) is 0.125. The van der Waals surface area contributed by atoms with E-state index in [1.807, 2.05) is 42.6 Å². The van der Waals surface area contributed by atoms with Crippen LogP contribution in [0.4, 0.5) is 0 Å². The first-order valence-corrected chi connectivity index (χ1v) is 9.45. The van der Waals surface area contributed by atoms with Crippen LogP contribution in [0.15, 0.2) is 53.3 Å². The molecule has 0 atom stereocenters. The molecule has 0 radical (unpaired) electrons. The third-order valence-electron chi connectivity index (χ3n) is 3.51. The van der Waals surface area contributed by atoms with E-state index in [1.165, 1.54) is 0 Å². The third kappa shape index (κ3) is 3.26. The van der Waals surface area contributed by atoms with E-state index in [2.05, 4.69) is 20.2 Å². The lowest BCUT2D eigenvalue weighted by Crippen LogP contribution is -2.00. The second-order valence-electron chi connectivity index (χ2n) is 5.62. The number of rotatable bonds is 4. The fourth-order valence-electron chi connectivity index (χ4n) is 2.44. The Labute approximate surface area is 143 Å². The molecule has 0 fully saturated rings. The highest BCUT2D eigenvalue weighted by atomic mass is 32.2. The van der Waals surface area contributed by atoms with Crippen LogP contribution in [-0.4, -0.2) is 39.4 Å². The molecule has 3 aromatic heterocycles. The molecule has 8 nitrogen and oxygen atoms in total. The quantitative estimate of drug-likeness (QED) is 0.551. The van der Waals surface area contributed by atoms with Crippen LogP contribution in [-0.2, 0) is 15.6 Å². The first-order chi connectivity index (χ1) is 12.0. The van der Waals surface area contributed by atoms with Crippen molar-refractivity contribution in [2.75, 3.05) is 6.26 Å². The summed E-state index contributed by atoms with van der Waals surface area (Å²) < 4.78 is 29.4. The van der Waals surface area contributed by atoms with Crippen LogP contribution in [0.1, 0.15) is 5.89 Å². The molecule has 3 heterocycles. The lowest BCUT2D eigenvalue weighted by atomic mass is 10.1. The second kappa shape index (κ2) is 5.78. The van der Waals surface area contributed by atoms with Crippen LogP contribution in [0.25, 0.3) is 28.3 Å². The molecular weight excluding hydrogens is 342 g/mol. The van der Waals surface area contributed by atoms with Gasteiger partial charge in [-0.3, -0.25) is 0 Å². The van der Waals surface area contributed by atoms with Gasteiger partial charge in [0.2, 0.25) is 11.7 Å². The normalized spacial score (nSPS) is 11.9. The third-order valence-corrected chi connectivity index (χ3v) is 4.28. The van der Waals surface area contributed by atoms with Crippen LogP contribution < -0.4 is 0 Å². The molecule has 0 unspecified atom stereocenters. The highest BCUT2D eigenvalue weighted by Gasteiger charge is 2.14. The molecule has 9 heteroatoms. The van der Waals surface area contributed by atoms with Crippen molar-refractivity contribution < 1.29 is 12.9 Å². The minimum Gasteiger partial charge on any atom is -0.338 e. The van der Waals surface area contributed by atoms with Crippen molar-refractivity contribution in [1.29, 1.82) is 0 Å². The van der Waals surface area contributed by atoms with E-state index in [0.717, 1.165) is 23.2 Å². The zero-order valence-electron chi connectivity index (χ0n) is 13.2. The molecule has 126 valence electrons. The summed E-state index contributed by atoms with van der Waals surface area (Å²) in [5.74, 6) is 0.125. The van der Waals surface area contributed by atoms with Gasteiger partial charge >= 0.3 is 0 Å². The summed E-state index contributed by atoms with van der Waals surface area (Å²) in [6, 6.07) is 11.2. The van der Waals surface area contributed by atoms with Crippen molar-refractivity contribution in [3.8, 4) is 22.6 Å². The molecule has 0 N–H and O–H groups in total. The van der Waals surface area contributed by atoms with Crippen LogP contribution in [0.5, 0.6) is 0 Å². The van der Waals surface area contributed by atoms with Gasteiger partial charge in [-0.2, -0.15) is 10.1 Å². The minimum absolute atomic E-state index is 0.0693. The van der Waals surface area contributed by atoms with Crippen LogP contribution >= 0.6 is 0 Å². The number of imidazole rings is 1. The summed E-state index contributed by atoms with van der Waals surface area (Å²) in [7, 11) is -3.23. The summed E-state index contributed by atoms with van der Waals surface area (Å²) >= 11 is 0. The second-order valence-corrected chi connectivity index (χ2v) is 7.76. The molecule has 4 rings (SSSR count). The Morgan fingerprint density at radius 1 is 1.12 bits per heavy atom. The van der Waals surface area contributed by atoms with Crippen molar-refractivity contribution in [1.82, 2.24) is 24.7 Å². The highest BCUT2D eigenvalue weighted by Crippen LogP contribution is 2.24. The molecule has 0 aliphatic carbocycles. The first-order valence-electron chi connectivity index (χ1n) is 7.39. The van der Waals surface area contributed by atoms with E-state index in [-0.39, 0.29) is 11.6 Å². The summed E-state index contributed by atoms with van der Waals surface area (Å²) in [6.07, 6.45) is 4.65. The molecule has 0 saturated carbocycles. The average molecular weight is 355 g/mol. The van der Waals surface area contributed by atoms with E-state index in [4.69, 9.17) is 4.52 Å². The number of nitrogens with zero attached hydrogens (tertiary/aromatic N) is 5. The number of hydrogen-bond acceptors (Lipinski definition) is 7. The molecule has 0 aliphatic heterocycles. The summed E-state index contributed by atoms with van der Waals surface area (Å²) in [5, 5.41) is 8.06. The lowest BCUT2D eigenvalue weighted by Gasteiger charge is -1.99. The smallest absolute Gasteiger partial charge is 0.242 e. The Balaban J connectivity index is 1.70. The largest absolute Gasteiger partial charge is 0.338 e. The van der Waals surface area contributed by atoms with Gasteiger partial charge < -0.3 is 4.52 Å². The standard InChI is InChI=1S/C16H13N5O3S/c1-25(22,23)10-15-19-16(20-24-15)12-5-2-4-11(8-12)13-9-21-14(18-13)6-3-7-17-21/h2-9H,10H2,1H3. The van der Waals surface area contributed by atoms with Crippen LogP contribution in [0, 0.1) is 0 Å². The van der Waals surface area contributed by atoms with Crippen molar-refractivity contribution >= 4 is 15.5 Å². The van der Waals surface area contributed by atoms with Gasteiger partial charge in [-0.05, 0) is 18.2 Å². The van der Waals surface area contributed by atoms with Gasteiger partial charge in [0.1, 0.15) is 5.75 Å². The SMILES string of the molecule is CS(=O)(=O)Cc1nc(-c2cccc(-c3cn4ncccc4n3)c2)no1. The van der Waals surface area contributed by atoms with Crippen LogP contribution in [0.2, 0.25) is 0 Å². The van der Waals surface area contributed by atoms with Gasteiger partial charge in [0.25, 0.3) is 0 Å². The molecule has 0 bridgehead atoms. The number of sulfone groups is 1. The van der Waals surface area contributed by atoms with Crippen LogP contribution in [0.3, 0.4) is 0 Å². The van der Waals surface area contributed by atoms with Crippen molar-refractivity contribution in [2.24, 2.45) is 0 Å². The molecule has 25 heavy (non-hydrogen) atoms. The average Bonchev–Trinajstić information content (AvgIpc) is 3.20. The van der Waals surface area contributed by atoms with E-state index < -0.39 is 9.84 Å². The summed E-state index contributed by atoms with van der Waals surface area (Å²) in [4.78, 5) is 8.68. The Morgan fingerprint density at radius 2 is 1.96 bits per heavy atom. The monoisotopic (exact) mass is 355 g/mol. The Morgan fingerprint density at radius 3 is 2.76 bits per heavy atom. The van der Waals surface area contributed by atoms with Gasteiger partial charge in [0, 0.05) is 23.6 Å². The zero-order valence-corrected chi connectivity index (χ0v) is 14.0. The van der Waals surface area contributed by atoms with Crippen molar-refractivity contribution in [3.63, 3.8) is 0 Å². The fourth-order valence-corrected chi connectivity index (χ4v) is 3.01. The molecule has 0 saturated heterocycles. The minimum atomic E-state index is -3.23. The van der Waals surface area contributed by atoms with Gasteiger partial charge in [-0.15, -0.1) is 0 Å². The maximum atomic E-state index is 11.3. The van der Waals surface area contributed by atoms with Crippen molar-refractivity contribution in [3.05, 3.63) is 54.7 Å². The van der Waals surface area contributed by atoms with E-state index >= 15 is 0 Å². The van der Waals surface area contributed by atoms with Gasteiger partial charge in [0.05, 0.1) is 11.9 Å². The predicted molar refractivity (Wildman–Crippen MR) is 90.3 cm³/mol. The summed E-state index contributed by atoms with van der Waals surface area (Å²) in [5.41, 5.74) is 3.10. The number of fused-ring (bicyclic) bond motifs is 1. The maximum absolute atomic E-state index is 11.3. The molecular formula is C16H13N5O3S. The lowest BCUT2D eigenvalue weighted by molar-refractivity contribution is 0.389. The van der Waals surface area contributed by atoms with E-state index in [0.29, 0.717) is 11.4 Å². The summed E-state index contributed by atoms with van der Waals surface area (Å²) in [6.45, 7) is 0. The van der Waals surface area contributed by atoms with E-state index in [1.54, 1.807) is 10.7 Å². The predicted octanol–water partition coefficient (Wildman–Crippen LogP) is 1.99.